The second-order valence-electron chi connectivity index (χ2n) is 7.68. The van der Waals surface area contributed by atoms with Crippen LogP contribution in [0.25, 0.3) is 0 Å². The molecule has 1 saturated heterocycles. The normalized spacial score (nSPS) is 18.7. The van der Waals surface area contributed by atoms with Crippen molar-refractivity contribution in [1.82, 2.24) is 10.6 Å². The Hall–Kier alpha value is -1.26. The fourth-order valence-corrected chi connectivity index (χ4v) is 4.27. The van der Waals surface area contributed by atoms with E-state index in [0.717, 1.165) is 44.8 Å². The third-order valence-electron chi connectivity index (χ3n) is 5.68. The molecule has 1 aliphatic heterocycles. The SMILES string of the molecule is C.C.O=C(NCC1CCCCCCC1)c1cc(N2CCCNCC2)ccc1Cl. The molecule has 1 amide bonds. The molecule has 0 unspecified atom stereocenters. The summed E-state index contributed by atoms with van der Waals surface area (Å²) in [4.78, 5) is 15.1. The van der Waals surface area contributed by atoms with Crippen LogP contribution in [-0.4, -0.2) is 38.6 Å². The number of nitrogens with zero attached hydrogens (tertiary/aromatic N) is 1. The maximum atomic E-state index is 12.7. The fourth-order valence-electron chi connectivity index (χ4n) is 4.06. The van der Waals surface area contributed by atoms with Gasteiger partial charge in [0.25, 0.3) is 5.91 Å². The number of rotatable bonds is 4. The van der Waals surface area contributed by atoms with Crippen molar-refractivity contribution in [3.05, 3.63) is 28.8 Å². The van der Waals surface area contributed by atoms with E-state index in [1.54, 1.807) is 0 Å². The monoisotopic (exact) mass is 409 g/mol. The molecule has 0 spiro atoms. The van der Waals surface area contributed by atoms with Crippen LogP contribution in [0.3, 0.4) is 0 Å². The van der Waals surface area contributed by atoms with Crippen molar-refractivity contribution in [3.8, 4) is 0 Å². The van der Waals surface area contributed by atoms with Gasteiger partial charge in [0, 0.05) is 31.9 Å². The highest BCUT2D eigenvalue weighted by atomic mass is 35.5. The lowest BCUT2D eigenvalue weighted by Crippen LogP contribution is -2.31. The molecule has 0 radical (unpaired) electrons. The quantitative estimate of drug-likeness (QED) is 0.689. The number of benzene rings is 1. The van der Waals surface area contributed by atoms with E-state index >= 15 is 0 Å². The maximum absolute atomic E-state index is 12.7. The van der Waals surface area contributed by atoms with Crippen molar-refractivity contribution in [2.24, 2.45) is 5.92 Å². The first-order valence-corrected chi connectivity index (χ1v) is 10.7. The van der Waals surface area contributed by atoms with Gasteiger partial charge in [-0.3, -0.25) is 4.79 Å². The Kier molecular flexibility index (Phi) is 11.6. The topological polar surface area (TPSA) is 44.4 Å². The van der Waals surface area contributed by atoms with Gasteiger partial charge in [-0.1, -0.05) is 58.6 Å². The van der Waals surface area contributed by atoms with Crippen LogP contribution in [-0.2, 0) is 0 Å². The number of amides is 1. The molecule has 1 aromatic rings. The zero-order valence-corrected chi connectivity index (χ0v) is 16.5. The van der Waals surface area contributed by atoms with Crippen LogP contribution >= 0.6 is 11.6 Å². The van der Waals surface area contributed by atoms with E-state index in [0.29, 0.717) is 16.5 Å². The predicted octanol–water partition coefficient (Wildman–Crippen LogP) is 5.50. The number of nitrogens with one attached hydrogen (secondary N) is 2. The largest absolute Gasteiger partial charge is 0.370 e. The molecule has 1 aromatic carbocycles. The lowest BCUT2D eigenvalue weighted by molar-refractivity contribution is 0.0945. The highest BCUT2D eigenvalue weighted by Gasteiger charge is 2.17. The smallest absolute Gasteiger partial charge is 0.252 e. The first kappa shape index (κ1) is 24.8. The molecule has 5 heteroatoms. The third kappa shape index (κ3) is 7.29. The summed E-state index contributed by atoms with van der Waals surface area (Å²) in [5.74, 6) is 0.574. The Morgan fingerprint density at radius 3 is 2.50 bits per heavy atom. The molecule has 28 heavy (non-hydrogen) atoms. The van der Waals surface area contributed by atoms with Gasteiger partial charge in [-0.05, 0) is 49.9 Å². The summed E-state index contributed by atoms with van der Waals surface area (Å²) in [5, 5.41) is 7.10. The maximum Gasteiger partial charge on any atom is 0.252 e. The molecule has 4 nitrogen and oxygen atoms in total. The summed E-state index contributed by atoms with van der Waals surface area (Å²) in [6.45, 7) is 4.78. The molecule has 1 saturated carbocycles. The van der Waals surface area contributed by atoms with Crippen LogP contribution in [0.15, 0.2) is 18.2 Å². The highest BCUT2D eigenvalue weighted by Crippen LogP contribution is 2.25. The molecule has 2 aliphatic rings. The number of hydrogen-bond acceptors (Lipinski definition) is 3. The van der Waals surface area contributed by atoms with Gasteiger partial charge in [0.2, 0.25) is 0 Å². The molecule has 1 heterocycles. The standard InChI is InChI=1S/C21H32ClN3O.2CH4/c22-20-10-9-18(25-13-6-11-23-12-14-25)15-19(20)21(26)24-16-17-7-4-2-1-3-5-8-17;;/h9-10,15,17,23H,1-8,11-14,16H2,(H,24,26);2*1H4. The molecular formula is C23H40ClN3O. The molecule has 2 N–H and O–H groups in total. The van der Waals surface area contributed by atoms with Crippen LogP contribution in [0, 0.1) is 5.92 Å². The van der Waals surface area contributed by atoms with E-state index in [2.05, 4.69) is 15.5 Å². The molecule has 0 atom stereocenters. The molecule has 0 aromatic heterocycles. The second-order valence-corrected chi connectivity index (χ2v) is 8.08. The van der Waals surface area contributed by atoms with E-state index in [1.807, 2.05) is 18.2 Å². The number of halogens is 1. The van der Waals surface area contributed by atoms with Crippen molar-refractivity contribution in [1.29, 1.82) is 0 Å². The summed E-state index contributed by atoms with van der Waals surface area (Å²) in [5.41, 5.74) is 1.70. The van der Waals surface area contributed by atoms with Gasteiger partial charge in [-0.2, -0.15) is 0 Å². The van der Waals surface area contributed by atoms with Crippen LogP contribution in [0.1, 0.15) is 76.6 Å². The summed E-state index contributed by atoms with van der Waals surface area (Å²) in [7, 11) is 0. The number of anilines is 1. The first-order valence-electron chi connectivity index (χ1n) is 10.3. The Morgan fingerprint density at radius 2 is 1.75 bits per heavy atom. The van der Waals surface area contributed by atoms with E-state index in [1.165, 1.54) is 44.9 Å². The minimum atomic E-state index is -0.0353. The van der Waals surface area contributed by atoms with Gasteiger partial charge < -0.3 is 15.5 Å². The van der Waals surface area contributed by atoms with Gasteiger partial charge in [0.15, 0.2) is 0 Å². The Bertz CT molecular complexity index is 577. The Balaban J connectivity index is 0.00000196. The van der Waals surface area contributed by atoms with Crippen molar-refractivity contribution >= 4 is 23.2 Å². The molecule has 0 bridgehead atoms. The third-order valence-corrected chi connectivity index (χ3v) is 6.01. The van der Waals surface area contributed by atoms with Crippen molar-refractivity contribution in [2.75, 3.05) is 37.6 Å². The lowest BCUT2D eigenvalue weighted by Gasteiger charge is -2.23. The molecule has 3 rings (SSSR count). The number of carbonyl (C=O) groups is 1. The highest BCUT2D eigenvalue weighted by molar-refractivity contribution is 6.34. The van der Waals surface area contributed by atoms with Crippen molar-refractivity contribution in [3.63, 3.8) is 0 Å². The van der Waals surface area contributed by atoms with Gasteiger partial charge >= 0.3 is 0 Å². The number of carbonyl (C=O) groups excluding carboxylic acids is 1. The van der Waals surface area contributed by atoms with Gasteiger partial charge in [-0.25, -0.2) is 0 Å². The summed E-state index contributed by atoms with van der Waals surface area (Å²) in [6, 6.07) is 5.85. The van der Waals surface area contributed by atoms with Gasteiger partial charge in [-0.15, -0.1) is 0 Å². The molecular weight excluding hydrogens is 370 g/mol. The van der Waals surface area contributed by atoms with Crippen LogP contribution in [0.2, 0.25) is 5.02 Å². The first-order chi connectivity index (χ1) is 12.7. The predicted molar refractivity (Wildman–Crippen MR) is 123 cm³/mol. The van der Waals surface area contributed by atoms with E-state index < -0.39 is 0 Å². The lowest BCUT2D eigenvalue weighted by atomic mass is 9.91. The van der Waals surface area contributed by atoms with Crippen molar-refractivity contribution in [2.45, 2.75) is 66.2 Å². The number of hydrogen-bond donors (Lipinski definition) is 2. The average Bonchev–Trinajstić information content (AvgIpc) is 2.90. The fraction of sp³-hybridized carbons (Fsp3) is 0.696. The summed E-state index contributed by atoms with van der Waals surface area (Å²) < 4.78 is 0. The van der Waals surface area contributed by atoms with Crippen molar-refractivity contribution < 1.29 is 4.79 Å². The minimum Gasteiger partial charge on any atom is -0.370 e. The Labute approximate surface area is 177 Å². The summed E-state index contributed by atoms with van der Waals surface area (Å²) >= 11 is 6.34. The zero-order chi connectivity index (χ0) is 18.2. The molecule has 1 aliphatic carbocycles. The average molecular weight is 410 g/mol. The Morgan fingerprint density at radius 1 is 1.04 bits per heavy atom. The van der Waals surface area contributed by atoms with E-state index in [-0.39, 0.29) is 20.8 Å². The molecule has 160 valence electrons. The molecule has 2 fully saturated rings. The van der Waals surface area contributed by atoms with Gasteiger partial charge in [0.05, 0.1) is 10.6 Å². The zero-order valence-electron chi connectivity index (χ0n) is 15.7. The van der Waals surface area contributed by atoms with E-state index in [9.17, 15) is 4.79 Å². The van der Waals surface area contributed by atoms with Crippen LogP contribution < -0.4 is 15.5 Å². The van der Waals surface area contributed by atoms with E-state index in [4.69, 9.17) is 11.6 Å². The van der Waals surface area contributed by atoms with Gasteiger partial charge in [0.1, 0.15) is 0 Å². The summed E-state index contributed by atoms with van der Waals surface area (Å²) in [6.07, 6.45) is 10.2. The van der Waals surface area contributed by atoms with Crippen LogP contribution in [0.4, 0.5) is 5.69 Å². The van der Waals surface area contributed by atoms with Crippen LogP contribution in [0.5, 0.6) is 0 Å². The second kappa shape index (κ2) is 13.1. The minimum absolute atomic E-state index is 0.